The zero-order valence-electron chi connectivity index (χ0n) is 11.9. The van der Waals surface area contributed by atoms with Crippen molar-refractivity contribution < 1.29 is 9.59 Å². The van der Waals surface area contributed by atoms with E-state index in [0.717, 1.165) is 16.3 Å². The Labute approximate surface area is 123 Å². The number of primary amides is 1. The molecule has 108 valence electrons. The summed E-state index contributed by atoms with van der Waals surface area (Å²) in [6.07, 6.45) is 0.339. The highest BCUT2D eigenvalue weighted by Crippen LogP contribution is 2.18. The summed E-state index contributed by atoms with van der Waals surface area (Å²) in [5.74, 6) is -0.872. The van der Waals surface area contributed by atoms with Crippen molar-refractivity contribution in [2.24, 2.45) is 5.73 Å². The molecule has 2 aromatic rings. The Bertz CT molecular complexity index is 702. The van der Waals surface area contributed by atoms with Crippen molar-refractivity contribution >= 4 is 22.6 Å². The van der Waals surface area contributed by atoms with E-state index < -0.39 is 11.9 Å². The second-order valence-corrected chi connectivity index (χ2v) is 5.12. The van der Waals surface area contributed by atoms with Crippen LogP contribution in [0.2, 0.25) is 0 Å². The van der Waals surface area contributed by atoms with Crippen LogP contribution in [0.3, 0.4) is 0 Å². The number of carbonyl (C=O) groups excluding carboxylic acids is 2. The third-order valence-corrected chi connectivity index (χ3v) is 3.24. The molecule has 0 bridgehead atoms. The summed E-state index contributed by atoms with van der Waals surface area (Å²) < 4.78 is 0. The van der Waals surface area contributed by atoms with Gasteiger partial charge in [-0.3, -0.25) is 9.59 Å². The molecular weight excluding hydrogens is 264 g/mol. The van der Waals surface area contributed by atoms with E-state index in [1.165, 1.54) is 0 Å². The fraction of sp³-hybridized carbons (Fsp3) is 0.176. The van der Waals surface area contributed by atoms with Crippen molar-refractivity contribution in [1.29, 1.82) is 0 Å². The van der Waals surface area contributed by atoms with Crippen LogP contribution in [-0.2, 0) is 4.79 Å². The molecule has 0 unspecified atom stereocenters. The van der Waals surface area contributed by atoms with E-state index >= 15 is 0 Å². The largest absolute Gasteiger partial charge is 0.368 e. The lowest BCUT2D eigenvalue weighted by molar-refractivity contribution is -0.119. The predicted octanol–water partition coefficient (Wildman–Crippen LogP) is 2.39. The molecule has 1 atom stereocenters. The van der Waals surface area contributed by atoms with E-state index in [1.54, 1.807) is 13.0 Å². The fourth-order valence-electron chi connectivity index (χ4n) is 2.23. The maximum absolute atomic E-state index is 12.4. The molecule has 4 heteroatoms. The first-order valence-corrected chi connectivity index (χ1v) is 6.71. The molecule has 0 heterocycles. The summed E-state index contributed by atoms with van der Waals surface area (Å²) in [5.41, 5.74) is 6.65. The molecule has 21 heavy (non-hydrogen) atoms. The van der Waals surface area contributed by atoms with Crippen LogP contribution in [0.25, 0.3) is 10.8 Å². The SMILES string of the molecule is C=C(C)C[C@H](NC(=O)c1cccc2ccccc12)C(N)=O. The first-order chi connectivity index (χ1) is 9.99. The van der Waals surface area contributed by atoms with Gasteiger partial charge >= 0.3 is 0 Å². The van der Waals surface area contributed by atoms with E-state index in [4.69, 9.17) is 5.73 Å². The zero-order chi connectivity index (χ0) is 15.4. The number of carbonyl (C=O) groups is 2. The molecule has 0 aliphatic carbocycles. The average molecular weight is 282 g/mol. The predicted molar refractivity (Wildman–Crippen MR) is 83.8 cm³/mol. The number of fused-ring (bicyclic) bond motifs is 1. The van der Waals surface area contributed by atoms with Crippen LogP contribution in [0.4, 0.5) is 0 Å². The smallest absolute Gasteiger partial charge is 0.252 e. The van der Waals surface area contributed by atoms with Gasteiger partial charge in [-0.25, -0.2) is 0 Å². The average Bonchev–Trinajstić information content (AvgIpc) is 2.45. The van der Waals surface area contributed by atoms with Crippen LogP contribution in [0.1, 0.15) is 23.7 Å². The Balaban J connectivity index is 2.29. The highest BCUT2D eigenvalue weighted by atomic mass is 16.2. The monoisotopic (exact) mass is 282 g/mol. The number of amides is 2. The highest BCUT2D eigenvalue weighted by molar-refractivity contribution is 6.08. The van der Waals surface area contributed by atoms with Crippen LogP contribution in [0, 0.1) is 0 Å². The molecule has 2 aromatic carbocycles. The van der Waals surface area contributed by atoms with Gasteiger partial charge in [-0.1, -0.05) is 42.0 Å². The number of benzene rings is 2. The lowest BCUT2D eigenvalue weighted by Gasteiger charge is -2.16. The minimum absolute atomic E-state index is 0.308. The molecule has 0 saturated heterocycles. The zero-order valence-corrected chi connectivity index (χ0v) is 11.9. The lowest BCUT2D eigenvalue weighted by Crippen LogP contribution is -2.44. The third kappa shape index (κ3) is 3.48. The van der Waals surface area contributed by atoms with Crippen molar-refractivity contribution in [1.82, 2.24) is 5.32 Å². The molecular formula is C17H18N2O2. The molecule has 2 amide bonds. The first kappa shape index (κ1) is 14.8. The van der Waals surface area contributed by atoms with Gasteiger partial charge in [0.05, 0.1) is 0 Å². The Kier molecular flexibility index (Phi) is 4.38. The third-order valence-electron chi connectivity index (χ3n) is 3.24. The van der Waals surface area contributed by atoms with Gasteiger partial charge in [0.25, 0.3) is 5.91 Å². The standard InChI is InChI=1S/C17H18N2O2/c1-11(2)10-15(16(18)20)19-17(21)14-9-5-7-12-6-3-4-8-13(12)14/h3-9,15H,1,10H2,2H3,(H2,18,20)(H,19,21)/t15-/m0/s1. The summed E-state index contributed by atoms with van der Waals surface area (Å²) in [4.78, 5) is 23.8. The van der Waals surface area contributed by atoms with Crippen molar-refractivity contribution in [2.45, 2.75) is 19.4 Å². The number of hydrogen-bond acceptors (Lipinski definition) is 2. The van der Waals surface area contributed by atoms with E-state index in [0.29, 0.717) is 12.0 Å². The number of nitrogens with two attached hydrogens (primary N) is 1. The van der Waals surface area contributed by atoms with Gasteiger partial charge in [0.15, 0.2) is 0 Å². The first-order valence-electron chi connectivity index (χ1n) is 6.71. The van der Waals surface area contributed by atoms with Gasteiger partial charge in [-0.2, -0.15) is 0 Å². The summed E-state index contributed by atoms with van der Waals surface area (Å²) in [7, 11) is 0. The molecule has 2 rings (SSSR count). The minimum Gasteiger partial charge on any atom is -0.368 e. The van der Waals surface area contributed by atoms with Crippen molar-refractivity contribution in [3.05, 3.63) is 60.2 Å². The number of nitrogens with one attached hydrogen (secondary N) is 1. The van der Waals surface area contributed by atoms with Crippen molar-refractivity contribution in [2.75, 3.05) is 0 Å². The highest BCUT2D eigenvalue weighted by Gasteiger charge is 2.19. The Morgan fingerprint density at radius 2 is 1.86 bits per heavy atom. The van der Waals surface area contributed by atoms with Crippen LogP contribution < -0.4 is 11.1 Å². The van der Waals surface area contributed by atoms with Crippen molar-refractivity contribution in [3.8, 4) is 0 Å². The van der Waals surface area contributed by atoms with Gasteiger partial charge < -0.3 is 11.1 Å². The van der Waals surface area contributed by atoms with Gasteiger partial charge in [-0.05, 0) is 30.2 Å². The van der Waals surface area contributed by atoms with Gasteiger partial charge in [0, 0.05) is 5.56 Å². The molecule has 0 aliphatic heterocycles. The van der Waals surface area contributed by atoms with Crippen LogP contribution >= 0.6 is 0 Å². The molecule has 0 aliphatic rings. The fourth-order valence-corrected chi connectivity index (χ4v) is 2.23. The summed E-state index contributed by atoms with van der Waals surface area (Å²) >= 11 is 0. The number of rotatable bonds is 5. The molecule has 4 nitrogen and oxygen atoms in total. The Morgan fingerprint density at radius 1 is 1.19 bits per heavy atom. The maximum Gasteiger partial charge on any atom is 0.252 e. The molecule has 3 N–H and O–H groups in total. The summed E-state index contributed by atoms with van der Waals surface area (Å²) in [6.45, 7) is 5.54. The minimum atomic E-state index is -0.742. The topological polar surface area (TPSA) is 72.2 Å². The van der Waals surface area contributed by atoms with E-state index in [2.05, 4.69) is 11.9 Å². The normalized spacial score (nSPS) is 11.9. The Hall–Kier alpha value is -2.62. The van der Waals surface area contributed by atoms with Gasteiger partial charge in [0.2, 0.25) is 5.91 Å². The molecule has 0 radical (unpaired) electrons. The van der Waals surface area contributed by atoms with Crippen molar-refractivity contribution in [3.63, 3.8) is 0 Å². The summed E-state index contributed by atoms with van der Waals surface area (Å²) in [5, 5.41) is 4.50. The molecule has 0 aromatic heterocycles. The van der Waals surface area contributed by atoms with Gasteiger partial charge in [0.1, 0.15) is 6.04 Å². The van der Waals surface area contributed by atoms with Crippen LogP contribution in [-0.4, -0.2) is 17.9 Å². The quantitative estimate of drug-likeness (QED) is 0.826. The summed E-state index contributed by atoms with van der Waals surface area (Å²) in [6, 6.07) is 12.3. The van der Waals surface area contributed by atoms with Crippen LogP contribution in [0.15, 0.2) is 54.6 Å². The lowest BCUT2D eigenvalue weighted by atomic mass is 10.0. The second kappa shape index (κ2) is 6.22. The van der Waals surface area contributed by atoms with Gasteiger partial charge in [-0.15, -0.1) is 6.58 Å². The molecule has 0 spiro atoms. The number of hydrogen-bond donors (Lipinski definition) is 2. The van der Waals surface area contributed by atoms with E-state index in [-0.39, 0.29) is 5.91 Å². The second-order valence-electron chi connectivity index (χ2n) is 5.12. The molecule has 0 fully saturated rings. The van der Waals surface area contributed by atoms with E-state index in [9.17, 15) is 9.59 Å². The van der Waals surface area contributed by atoms with E-state index in [1.807, 2.05) is 36.4 Å². The Morgan fingerprint density at radius 3 is 2.52 bits per heavy atom. The van der Waals surface area contributed by atoms with Crippen LogP contribution in [0.5, 0.6) is 0 Å². The maximum atomic E-state index is 12.4. The molecule has 0 saturated carbocycles.